The first-order valence-electron chi connectivity index (χ1n) is 10.6. The molecular weight excluding hydrogens is 378 g/mol. The van der Waals surface area contributed by atoms with Crippen LogP contribution in [0, 0.1) is 0 Å². The van der Waals surface area contributed by atoms with E-state index < -0.39 is 5.60 Å². The molecule has 160 valence electrons. The highest BCUT2D eigenvalue weighted by Gasteiger charge is 2.48. The number of hydrogen-bond donors (Lipinski definition) is 2. The summed E-state index contributed by atoms with van der Waals surface area (Å²) in [4.78, 5) is 2.52. The summed E-state index contributed by atoms with van der Waals surface area (Å²) >= 11 is 0. The Morgan fingerprint density at radius 2 is 1.77 bits per heavy atom. The van der Waals surface area contributed by atoms with E-state index in [-0.39, 0.29) is 5.75 Å². The number of allylic oxidation sites excluding steroid dienone is 1. The van der Waals surface area contributed by atoms with Crippen molar-refractivity contribution in [2.75, 3.05) is 14.2 Å². The van der Waals surface area contributed by atoms with Crippen LogP contribution < -0.4 is 9.47 Å². The Balaban J connectivity index is 1.54. The van der Waals surface area contributed by atoms with Gasteiger partial charge in [0, 0.05) is 24.2 Å². The molecule has 0 radical (unpaired) electrons. The van der Waals surface area contributed by atoms with E-state index in [2.05, 4.69) is 11.5 Å². The van der Waals surface area contributed by atoms with Crippen molar-refractivity contribution < 1.29 is 19.7 Å². The van der Waals surface area contributed by atoms with Gasteiger partial charge in [0.1, 0.15) is 5.75 Å². The topological polar surface area (TPSA) is 62.2 Å². The minimum atomic E-state index is -0.796. The Kier molecular flexibility index (Phi) is 5.76. The molecule has 0 aliphatic carbocycles. The fourth-order valence-electron chi connectivity index (χ4n) is 5.21. The minimum absolute atomic E-state index is 0.191. The van der Waals surface area contributed by atoms with E-state index in [1.54, 1.807) is 20.3 Å². The summed E-state index contributed by atoms with van der Waals surface area (Å²) in [6.45, 7) is 4.58. The molecule has 2 unspecified atom stereocenters. The van der Waals surface area contributed by atoms with E-state index in [0.29, 0.717) is 24.3 Å². The van der Waals surface area contributed by atoms with Gasteiger partial charge in [0.25, 0.3) is 0 Å². The number of hydrogen-bond acceptors (Lipinski definition) is 5. The summed E-state index contributed by atoms with van der Waals surface area (Å²) in [5.74, 6) is 1.50. The summed E-state index contributed by atoms with van der Waals surface area (Å²) in [6, 6.07) is 12.4. The third kappa shape index (κ3) is 3.80. The first-order chi connectivity index (χ1) is 14.5. The number of nitrogens with zero attached hydrogens (tertiary/aromatic N) is 1. The van der Waals surface area contributed by atoms with Gasteiger partial charge in [-0.2, -0.15) is 0 Å². The second kappa shape index (κ2) is 8.32. The fourth-order valence-corrected chi connectivity index (χ4v) is 5.21. The van der Waals surface area contributed by atoms with E-state index in [9.17, 15) is 10.2 Å². The number of rotatable bonds is 7. The molecule has 2 aromatic rings. The molecule has 30 heavy (non-hydrogen) atoms. The van der Waals surface area contributed by atoms with Crippen molar-refractivity contribution in [1.82, 2.24) is 4.90 Å². The third-order valence-electron chi connectivity index (χ3n) is 6.71. The fraction of sp³-hybridized carbons (Fsp3) is 0.440. The minimum Gasteiger partial charge on any atom is -0.504 e. The summed E-state index contributed by atoms with van der Waals surface area (Å²) in [7, 11) is 3.23. The molecule has 2 N–H and O–H groups in total. The first kappa shape index (κ1) is 20.8. The zero-order chi connectivity index (χ0) is 21.3. The summed E-state index contributed by atoms with van der Waals surface area (Å²) < 4.78 is 10.6. The maximum Gasteiger partial charge on any atom is 0.161 e. The molecule has 0 amide bonds. The second-order valence-corrected chi connectivity index (χ2v) is 8.52. The molecule has 2 heterocycles. The van der Waals surface area contributed by atoms with Gasteiger partial charge in [0.15, 0.2) is 11.5 Å². The van der Waals surface area contributed by atoms with Crippen LogP contribution in [0.15, 0.2) is 49.1 Å². The van der Waals surface area contributed by atoms with Crippen molar-refractivity contribution in [3.63, 3.8) is 0 Å². The van der Waals surface area contributed by atoms with Gasteiger partial charge in [-0.3, -0.25) is 4.90 Å². The Morgan fingerprint density at radius 1 is 1.10 bits per heavy atom. The molecule has 2 aliphatic rings. The number of aromatic hydroxyl groups is 1. The summed E-state index contributed by atoms with van der Waals surface area (Å²) in [6.07, 6.45) is 6.03. The van der Waals surface area contributed by atoms with E-state index in [1.165, 1.54) is 0 Å². The number of ether oxygens (including phenoxy) is 2. The molecule has 0 saturated carbocycles. The van der Waals surface area contributed by atoms with E-state index in [4.69, 9.17) is 9.47 Å². The summed E-state index contributed by atoms with van der Waals surface area (Å²) in [5, 5.41) is 21.8. The lowest BCUT2D eigenvalue weighted by Crippen LogP contribution is -2.49. The van der Waals surface area contributed by atoms with Gasteiger partial charge in [-0.15, -0.1) is 6.58 Å². The van der Waals surface area contributed by atoms with Gasteiger partial charge in [-0.1, -0.05) is 24.3 Å². The quantitative estimate of drug-likeness (QED) is 0.673. The average molecular weight is 410 g/mol. The molecule has 4 rings (SSSR count). The number of benzene rings is 2. The van der Waals surface area contributed by atoms with Crippen LogP contribution in [0.1, 0.15) is 42.4 Å². The molecule has 5 nitrogen and oxygen atoms in total. The highest BCUT2D eigenvalue weighted by atomic mass is 16.5. The largest absolute Gasteiger partial charge is 0.504 e. The second-order valence-electron chi connectivity index (χ2n) is 8.52. The maximum atomic E-state index is 11.5. The normalized spacial score (nSPS) is 25.8. The first-order valence-corrected chi connectivity index (χ1v) is 10.6. The van der Waals surface area contributed by atoms with Gasteiger partial charge in [-0.05, 0) is 61.4 Å². The molecule has 2 aliphatic heterocycles. The smallest absolute Gasteiger partial charge is 0.161 e. The van der Waals surface area contributed by atoms with E-state index in [0.717, 1.165) is 54.7 Å². The zero-order valence-electron chi connectivity index (χ0n) is 17.8. The van der Waals surface area contributed by atoms with Crippen molar-refractivity contribution >= 4 is 0 Å². The Morgan fingerprint density at radius 3 is 2.33 bits per heavy atom. The molecule has 2 atom stereocenters. The summed E-state index contributed by atoms with van der Waals surface area (Å²) in [5.41, 5.74) is 2.13. The zero-order valence-corrected chi connectivity index (χ0v) is 17.8. The van der Waals surface area contributed by atoms with Gasteiger partial charge in [0.2, 0.25) is 0 Å². The Hall–Kier alpha value is -2.50. The number of phenols is 1. The number of piperidine rings is 1. The average Bonchev–Trinajstić information content (AvgIpc) is 2.99. The predicted molar refractivity (Wildman–Crippen MR) is 117 cm³/mol. The Bertz CT molecular complexity index is 894. The molecule has 2 bridgehead atoms. The van der Waals surface area contributed by atoms with Gasteiger partial charge in [-0.25, -0.2) is 0 Å². The van der Waals surface area contributed by atoms with Crippen LogP contribution in [0.4, 0.5) is 0 Å². The van der Waals surface area contributed by atoms with Crippen molar-refractivity contribution in [1.29, 1.82) is 0 Å². The van der Waals surface area contributed by atoms with Gasteiger partial charge < -0.3 is 19.7 Å². The Labute approximate surface area is 178 Å². The monoisotopic (exact) mass is 409 g/mol. The maximum absolute atomic E-state index is 11.5. The lowest BCUT2D eigenvalue weighted by Gasteiger charge is -2.44. The van der Waals surface area contributed by atoms with Crippen LogP contribution >= 0.6 is 0 Å². The number of phenolic OH excluding ortho intramolecular Hbond substituents is 1. The molecular formula is C25H31NO4. The number of methoxy groups -OCH3 is 2. The lowest BCUT2D eigenvalue weighted by molar-refractivity contribution is -0.0595. The third-order valence-corrected chi connectivity index (χ3v) is 6.71. The van der Waals surface area contributed by atoms with Gasteiger partial charge in [0.05, 0.1) is 19.8 Å². The van der Waals surface area contributed by atoms with E-state index in [1.807, 2.05) is 36.4 Å². The highest BCUT2D eigenvalue weighted by molar-refractivity contribution is 5.49. The molecule has 5 heteroatoms. The van der Waals surface area contributed by atoms with Gasteiger partial charge >= 0.3 is 0 Å². The molecule has 2 saturated heterocycles. The van der Waals surface area contributed by atoms with Crippen molar-refractivity contribution in [2.45, 2.75) is 56.3 Å². The molecule has 2 aromatic carbocycles. The molecule has 2 fully saturated rings. The van der Waals surface area contributed by atoms with Crippen LogP contribution in [-0.2, 0) is 18.6 Å². The SMILES string of the molecule is C=CCc1cc(CN2C3CCC2CC(O)(c2ccc(OC)cc2)C3)cc(OC)c1O. The molecule has 0 aromatic heterocycles. The van der Waals surface area contributed by atoms with E-state index >= 15 is 0 Å². The lowest BCUT2D eigenvalue weighted by atomic mass is 9.80. The number of fused-ring (bicyclic) bond motifs is 2. The van der Waals surface area contributed by atoms with Crippen LogP contribution in [-0.4, -0.2) is 41.4 Å². The van der Waals surface area contributed by atoms with Crippen LogP contribution in [0.5, 0.6) is 17.2 Å². The van der Waals surface area contributed by atoms with Crippen LogP contribution in [0.3, 0.4) is 0 Å². The highest BCUT2D eigenvalue weighted by Crippen LogP contribution is 2.46. The van der Waals surface area contributed by atoms with Crippen LogP contribution in [0.25, 0.3) is 0 Å². The predicted octanol–water partition coefficient (Wildman–Crippen LogP) is 4.15. The standard InChI is InChI=1S/C25H31NO4/c1-4-5-18-12-17(13-23(30-3)24(18)27)16-26-20-8-9-21(26)15-25(28,14-20)19-6-10-22(29-2)11-7-19/h4,6-7,10-13,20-21,27-28H,1,5,8-9,14-16H2,2-3H3. The van der Waals surface area contributed by atoms with Crippen molar-refractivity contribution in [3.8, 4) is 17.2 Å². The van der Waals surface area contributed by atoms with Crippen molar-refractivity contribution in [3.05, 3.63) is 65.7 Å². The molecule has 0 spiro atoms. The number of aliphatic hydroxyl groups is 1. The van der Waals surface area contributed by atoms with Crippen LogP contribution in [0.2, 0.25) is 0 Å². The van der Waals surface area contributed by atoms with Crippen molar-refractivity contribution in [2.24, 2.45) is 0 Å².